The first-order valence-corrected chi connectivity index (χ1v) is 6.48. The highest BCUT2D eigenvalue weighted by Gasteiger charge is 2.40. The molecule has 2 N–H and O–H groups in total. The van der Waals surface area contributed by atoms with E-state index in [1.54, 1.807) is 0 Å². The van der Waals surface area contributed by atoms with Gasteiger partial charge >= 0.3 is 6.03 Å². The Kier molecular flexibility index (Phi) is 3.82. The number of urea groups is 1. The molecule has 0 aromatic carbocycles. The summed E-state index contributed by atoms with van der Waals surface area (Å²) in [6.07, 6.45) is 2.89. The summed E-state index contributed by atoms with van der Waals surface area (Å²) in [4.78, 5) is 47.6. The summed E-state index contributed by atoms with van der Waals surface area (Å²) in [5.74, 6) is -2.38. The fourth-order valence-corrected chi connectivity index (χ4v) is 2.00. The zero-order valence-corrected chi connectivity index (χ0v) is 10.8. The summed E-state index contributed by atoms with van der Waals surface area (Å²) in [6.45, 7) is 1.52. The minimum atomic E-state index is -0.864. The normalized spacial score (nSPS) is 23.3. The van der Waals surface area contributed by atoms with E-state index in [1.165, 1.54) is 0 Å². The van der Waals surface area contributed by atoms with E-state index in [0.717, 1.165) is 17.7 Å². The predicted molar refractivity (Wildman–Crippen MR) is 64.8 cm³/mol. The quantitative estimate of drug-likeness (QED) is 0.672. The molecule has 1 heterocycles. The van der Waals surface area contributed by atoms with Gasteiger partial charge in [0.1, 0.15) is 12.5 Å². The van der Waals surface area contributed by atoms with Gasteiger partial charge in [0, 0.05) is 6.04 Å². The van der Waals surface area contributed by atoms with Crippen molar-refractivity contribution in [2.45, 2.75) is 38.6 Å². The summed E-state index contributed by atoms with van der Waals surface area (Å²) in [5.41, 5.74) is 0. The molecule has 19 heavy (non-hydrogen) atoms. The minimum Gasteiger partial charge on any atom is -0.352 e. The number of hydrogen-bond donors (Lipinski definition) is 2. The number of carbonyl (C=O) groups excluding carboxylic acids is 4. The maximum atomic E-state index is 12.0. The Morgan fingerprint density at radius 2 is 2.05 bits per heavy atom. The lowest BCUT2D eigenvalue weighted by atomic mass is 9.99. The molecular formula is C12H17N3O4. The maximum absolute atomic E-state index is 12.0. The van der Waals surface area contributed by atoms with Crippen LogP contribution in [0.25, 0.3) is 0 Å². The average molecular weight is 267 g/mol. The predicted octanol–water partition coefficient (Wildman–Crippen LogP) is -0.240. The maximum Gasteiger partial charge on any atom is 0.331 e. The highest BCUT2D eigenvalue weighted by atomic mass is 16.2. The van der Waals surface area contributed by atoms with Gasteiger partial charge in [0.15, 0.2) is 0 Å². The molecule has 104 valence electrons. The SMILES string of the molecule is CCCC1C(=O)NC(=O)N(CC(=O)NC2CC2)C1=O. The Morgan fingerprint density at radius 1 is 1.37 bits per heavy atom. The van der Waals surface area contributed by atoms with Crippen molar-refractivity contribution < 1.29 is 19.2 Å². The summed E-state index contributed by atoms with van der Waals surface area (Å²) in [5, 5.41) is 4.82. The number of hydrogen-bond acceptors (Lipinski definition) is 4. The number of barbiturate groups is 1. The largest absolute Gasteiger partial charge is 0.352 e. The molecule has 0 radical (unpaired) electrons. The molecule has 1 saturated carbocycles. The van der Waals surface area contributed by atoms with Crippen molar-refractivity contribution in [1.82, 2.24) is 15.5 Å². The molecule has 0 bridgehead atoms. The van der Waals surface area contributed by atoms with Crippen LogP contribution in [0.5, 0.6) is 0 Å². The van der Waals surface area contributed by atoms with Crippen LogP contribution in [0, 0.1) is 5.92 Å². The third kappa shape index (κ3) is 3.10. The lowest BCUT2D eigenvalue weighted by Gasteiger charge is -2.29. The zero-order chi connectivity index (χ0) is 14.0. The van der Waals surface area contributed by atoms with Crippen molar-refractivity contribution in [1.29, 1.82) is 0 Å². The molecule has 2 aliphatic rings. The van der Waals surface area contributed by atoms with Crippen LogP contribution in [-0.4, -0.2) is 41.2 Å². The molecule has 7 nitrogen and oxygen atoms in total. The number of nitrogens with one attached hydrogen (secondary N) is 2. The minimum absolute atomic E-state index is 0.170. The monoisotopic (exact) mass is 267 g/mol. The van der Waals surface area contributed by atoms with Gasteiger partial charge in [-0.05, 0) is 19.3 Å². The number of imide groups is 2. The van der Waals surface area contributed by atoms with Gasteiger partial charge in [0.2, 0.25) is 17.7 Å². The summed E-state index contributed by atoms with van der Waals surface area (Å²) in [6, 6.07) is -0.642. The number of nitrogens with zero attached hydrogens (tertiary/aromatic N) is 1. The third-order valence-corrected chi connectivity index (χ3v) is 3.18. The van der Waals surface area contributed by atoms with Gasteiger partial charge in [-0.2, -0.15) is 0 Å². The standard InChI is InChI=1S/C12H17N3O4/c1-2-3-8-10(17)14-12(19)15(11(8)18)6-9(16)13-7-4-5-7/h7-8H,2-6H2,1H3,(H,13,16)(H,14,17,19). The Bertz CT molecular complexity index is 431. The first-order chi connectivity index (χ1) is 9.02. The van der Waals surface area contributed by atoms with Gasteiger partial charge in [-0.1, -0.05) is 13.3 Å². The Morgan fingerprint density at radius 3 is 2.63 bits per heavy atom. The highest BCUT2D eigenvalue weighted by molar-refractivity contribution is 6.17. The van der Waals surface area contributed by atoms with Crippen molar-refractivity contribution in [2.75, 3.05) is 6.54 Å². The van der Waals surface area contributed by atoms with Crippen LogP contribution in [-0.2, 0) is 14.4 Å². The van der Waals surface area contributed by atoms with E-state index in [4.69, 9.17) is 0 Å². The zero-order valence-electron chi connectivity index (χ0n) is 10.8. The lowest BCUT2D eigenvalue weighted by molar-refractivity contribution is -0.145. The molecular weight excluding hydrogens is 250 g/mol. The van der Waals surface area contributed by atoms with Gasteiger partial charge in [-0.3, -0.25) is 24.6 Å². The molecule has 1 aliphatic carbocycles. The van der Waals surface area contributed by atoms with Gasteiger partial charge in [-0.25, -0.2) is 4.79 Å². The smallest absolute Gasteiger partial charge is 0.331 e. The van der Waals surface area contributed by atoms with Gasteiger partial charge in [0.25, 0.3) is 0 Å². The molecule has 1 atom stereocenters. The van der Waals surface area contributed by atoms with Crippen LogP contribution >= 0.6 is 0 Å². The van der Waals surface area contributed by atoms with E-state index in [-0.39, 0.29) is 18.5 Å². The molecule has 5 amide bonds. The first kappa shape index (κ1) is 13.5. The Hall–Kier alpha value is -1.92. The molecule has 0 aromatic heterocycles. The molecule has 0 aromatic rings. The van der Waals surface area contributed by atoms with Gasteiger partial charge in [0.05, 0.1) is 0 Å². The van der Waals surface area contributed by atoms with Crippen molar-refractivity contribution >= 4 is 23.8 Å². The van der Waals surface area contributed by atoms with Gasteiger partial charge in [-0.15, -0.1) is 0 Å². The first-order valence-electron chi connectivity index (χ1n) is 6.48. The molecule has 2 rings (SSSR count). The number of amides is 5. The topological polar surface area (TPSA) is 95.6 Å². The Balaban J connectivity index is 2.00. The number of rotatable bonds is 5. The Labute approximate surface area is 110 Å². The van der Waals surface area contributed by atoms with Crippen LogP contribution in [0.15, 0.2) is 0 Å². The molecule has 1 aliphatic heterocycles. The van der Waals surface area contributed by atoms with Crippen LogP contribution in [0.4, 0.5) is 4.79 Å². The van der Waals surface area contributed by atoms with E-state index in [2.05, 4.69) is 10.6 Å². The average Bonchev–Trinajstić information content (AvgIpc) is 3.14. The van der Waals surface area contributed by atoms with E-state index in [9.17, 15) is 19.2 Å². The summed E-state index contributed by atoms with van der Waals surface area (Å²) < 4.78 is 0. The molecule has 2 fully saturated rings. The van der Waals surface area contributed by atoms with Crippen molar-refractivity contribution in [3.63, 3.8) is 0 Å². The van der Waals surface area contributed by atoms with Crippen LogP contribution in [0.3, 0.4) is 0 Å². The summed E-state index contributed by atoms with van der Waals surface area (Å²) >= 11 is 0. The van der Waals surface area contributed by atoms with Crippen LogP contribution in [0.2, 0.25) is 0 Å². The van der Waals surface area contributed by atoms with Gasteiger partial charge < -0.3 is 5.32 Å². The van der Waals surface area contributed by atoms with Crippen molar-refractivity contribution in [3.8, 4) is 0 Å². The molecule has 1 saturated heterocycles. The van der Waals surface area contributed by atoms with Crippen molar-refractivity contribution in [2.24, 2.45) is 5.92 Å². The fraction of sp³-hybridized carbons (Fsp3) is 0.667. The van der Waals surface area contributed by atoms with Crippen LogP contribution < -0.4 is 10.6 Å². The second kappa shape index (κ2) is 5.38. The van der Waals surface area contributed by atoms with E-state index < -0.39 is 23.8 Å². The molecule has 7 heteroatoms. The lowest BCUT2D eigenvalue weighted by Crippen LogP contribution is -2.59. The van der Waals surface area contributed by atoms with E-state index in [1.807, 2.05) is 6.92 Å². The fourth-order valence-electron chi connectivity index (χ4n) is 2.00. The third-order valence-electron chi connectivity index (χ3n) is 3.18. The second-order valence-electron chi connectivity index (χ2n) is 4.90. The summed E-state index contributed by atoms with van der Waals surface area (Å²) in [7, 11) is 0. The van der Waals surface area contributed by atoms with Crippen LogP contribution in [0.1, 0.15) is 32.6 Å². The van der Waals surface area contributed by atoms with E-state index >= 15 is 0 Å². The number of carbonyl (C=O) groups is 4. The molecule has 0 spiro atoms. The van der Waals surface area contributed by atoms with Crippen molar-refractivity contribution in [3.05, 3.63) is 0 Å². The second-order valence-corrected chi connectivity index (χ2v) is 4.90. The molecule has 1 unspecified atom stereocenters. The highest BCUT2D eigenvalue weighted by Crippen LogP contribution is 2.19. The van der Waals surface area contributed by atoms with E-state index in [0.29, 0.717) is 12.8 Å².